The van der Waals surface area contributed by atoms with Crippen LogP contribution in [0.5, 0.6) is 0 Å². The molecule has 0 aromatic heterocycles. The van der Waals surface area contributed by atoms with Gasteiger partial charge in [-0.25, -0.2) is 13.6 Å². The topological polar surface area (TPSA) is 78.9 Å². The van der Waals surface area contributed by atoms with Gasteiger partial charge in [0.25, 0.3) is 0 Å². The van der Waals surface area contributed by atoms with Crippen LogP contribution in [0.15, 0.2) is 18.2 Å². The number of urea groups is 1. The molecule has 0 bridgehead atoms. The Morgan fingerprint density at radius 2 is 2.17 bits per heavy atom. The van der Waals surface area contributed by atoms with Gasteiger partial charge in [-0.1, -0.05) is 6.07 Å². The van der Waals surface area contributed by atoms with Crippen molar-refractivity contribution in [3.05, 3.63) is 35.4 Å². The highest BCUT2D eigenvalue weighted by Gasteiger charge is 2.31. The van der Waals surface area contributed by atoms with Crippen molar-refractivity contribution < 1.29 is 28.2 Å². The molecule has 0 radical (unpaired) electrons. The number of hydrogen-bond acceptors (Lipinski definition) is 3. The largest absolute Gasteiger partial charge is 0.481 e. The molecule has 2 atom stereocenters. The number of ether oxygens (including phenoxy) is 1. The van der Waals surface area contributed by atoms with E-state index in [9.17, 15) is 18.4 Å². The zero-order chi connectivity index (χ0) is 17.0. The number of carboxylic acids is 1. The Morgan fingerprint density at radius 1 is 1.43 bits per heavy atom. The Balaban J connectivity index is 2.05. The van der Waals surface area contributed by atoms with Gasteiger partial charge in [0.15, 0.2) is 11.6 Å². The average molecular weight is 328 g/mol. The highest BCUT2D eigenvalue weighted by Crippen LogP contribution is 2.20. The molecule has 2 N–H and O–H groups in total. The molecule has 6 nitrogen and oxygen atoms in total. The molecular formula is C15H18F2N2O4. The fourth-order valence-electron chi connectivity index (χ4n) is 2.50. The number of hydrogen-bond donors (Lipinski definition) is 2. The highest BCUT2D eigenvalue weighted by molar-refractivity contribution is 5.77. The first kappa shape index (κ1) is 17.1. The van der Waals surface area contributed by atoms with Gasteiger partial charge < -0.3 is 20.1 Å². The summed E-state index contributed by atoms with van der Waals surface area (Å²) in [5.41, 5.74) is 0.369. The minimum absolute atomic E-state index is 0.0764. The molecule has 0 saturated carbocycles. The first-order valence-corrected chi connectivity index (χ1v) is 7.14. The van der Waals surface area contributed by atoms with E-state index >= 15 is 0 Å². The number of methoxy groups -OCH3 is 1. The summed E-state index contributed by atoms with van der Waals surface area (Å²) in [5.74, 6) is -3.50. The fraction of sp³-hybridized carbons (Fsp3) is 0.467. The summed E-state index contributed by atoms with van der Waals surface area (Å²) in [6.45, 7) is 0.534. The van der Waals surface area contributed by atoms with Gasteiger partial charge in [0.05, 0.1) is 18.6 Å². The number of carbonyl (C=O) groups excluding carboxylic acids is 1. The third-order valence-electron chi connectivity index (χ3n) is 3.80. The molecule has 23 heavy (non-hydrogen) atoms. The van der Waals surface area contributed by atoms with Crippen molar-refractivity contribution in [3.8, 4) is 0 Å². The van der Waals surface area contributed by atoms with Crippen LogP contribution < -0.4 is 5.32 Å². The minimum atomic E-state index is -1.01. The van der Waals surface area contributed by atoms with Gasteiger partial charge in [-0.3, -0.25) is 4.79 Å². The van der Waals surface area contributed by atoms with Crippen LogP contribution >= 0.6 is 0 Å². The molecule has 8 heteroatoms. The summed E-state index contributed by atoms with van der Waals surface area (Å²) in [7, 11) is 1.43. The molecule has 2 amide bonds. The molecule has 126 valence electrons. The molecule has 1 aromatic rings. The predicted octanol–water partition coefficient (Wildman–Crippen LogP) is 1.77. The van der Waals surface area contributed by atoms with E-state index < -0.39 is 35.6 Å². The number of amides is 2. The molecular weight excluding hydrogens is 310 g/mol. The van der Waals surface area contributed by atoms with E-state index in [4.69, 9.17) is 9.84 Å². The van der Waals surface area contributed by atoms with Crippen molar-refractivity contribution in [1.82, 2.24) is 10.2 Å². The van der Waals surface area contributed by atoms with Gasteiger partial charge in [0, 0.05) is 20.2 Å². The third-order valence-corrected chi connectivity index (χ3v) is 3.80. The lowest BCUT2D eigenvalue weighted by Crippen LogP contribution is -2.42. The summed E-state index contributed by atoms with van der Waals surface area (Å²) in [4.78, 5) is 24.5. The van der Waals surface area contributed by atoms with Gasteiger partial charge in [0.2, 0.25) is 0 Å². The zero-order valence-electron chi connectivity index (χ0n) is 12.6. The zero-order valence-corrected chi connectivity index (χ0v) is 12.6. The molecule has 0 spiro atoms. The summed E-state index contributed by atoms with van der Waals surface area (Å²) in [6.07, 6.45) is 0.392. The number of likely N-dealkylation sites (tertiary alicyclic amines) is 1. The van der Waals surface area contributed by atoms with Crippen LogP contribution in [0.3, 0.4) is 0 Å². The Bertz CT molecular complexity index is 597. The first-order valence-electron chi connectivity index (χ1n) is 7.14. The molecule has 1 saturated heterocycles. The average Bonchev–Trinajstić information content (AvgIpc) is 3.00. The monoisotopic (exact) mass is 328 g/mol. The number of halogens is 2. The number of carbonyl (C=O) groups is 2. The standard InChI is InChI=1S/C15H18F2N2O4/c1-23-8-13(9-2-3-11(16)12(17)6-9)18-15(22)19-5-4-10(7-19)14(20)21/h2-3,6,10,13H,4-5,7-8H2,1H3,(H,18,22)(H,20,21). The molecule has 0 aliphatic carbocycles. The first-order chi connectivity index (χ1) is 10.9. The quantitative estimate of drug-likeness (QED) is 0.863. The second-order valence-corrected chi connectivity index (χ2v) is 5.40. The van der Waals surface area contributed by atoms with Crippen LogP contribution in [0, 0.1) is 17.6 Å². The number of nitrogens with zero attached hydrogens (tertiary/aromatic N) is 1. The summed E-state index contributed by atoms with van der Waals surface area (Å²) in [5, 5.41) is 11.6. The van der Waals surface area contributed by atoms with Gasteiger partial charge >= 0.3 is 12.0 Å². The van der Waals surface area contributed by atoms with Crippen LogP contribution in [0.4, 0.5) is 13.6 Å². The van der Waals surface area contributed by atoms with Crippen LogP contribution in [-0.2, 0) is 9.53 Å². The maximum atomic E-state index is 13.4. The van der Waals surface area contributed by atoms with Crippen molar-refractivity contribution >= 4 is 12.0 Å². The molecule has 2 rings (SSSR count). The van der Waals surface area contributed by atoms with E-state index in [0.717, 1.165) is 12.1 Å². The summed E-state index contributed by atoms with van der Waals surface area (Å²) < 4.78 is 31.4. The van der Waals surface area contributed by atoms with E-state index in [1.807, 2.05) is 0 Å². The van der Waals surface area contributed by atoms with E-state index in [2.05, 4.69) is 5.32 Å². The molecule has 1 aliphatic rings. The Morgan fingerprint density at radius 3 is 2.74 bits per heavy atom. The molecule has 1 fully saturated rings. The number of carboxylic acid groups (broad SMARTS) is 1. The SMILES string of the molecule is COCC(NC(=O)N1CCC(C(=O)O)C1)c1ccc(F)c(F)c1. The maximum absolute atomic E-state index is 13.4. The number of aliphatic carboxylic acids is 1. The number of nitrogens with one attached hydrogen (secondary N) is 1. The summed E-state index contributed by atoms with van der Waals surface area (Å²) >= 11 is 0. The van der Waals surface area contributed by atoms with Crippen molar-refractivity contribution in [2.45, 2.75) is 12.5 Å². The van der Waals surface area contributed by atoms with E-state index in [1.165, 1.54) is 18.1 Å². The van der Waals surface area contributed by atoms with Crippen LogP contribution in [0.2, 0.25) is 0 Å². The second-order valence-electron chi connectivity index (χ2n) is 5.40. The lowest BCUT2D eigenvalue weighted by atomic mass is 10.1. The Hall–Kier alpha value is -2.22. The summed E-state index contributed by atoms with van der Waals surface area (Å²) in [6, 6.07) is 2.23. The van der Waals surface area contributed by atoms with Crippen molar-refractivity contribution in [2.75, 3.05) is 26.8 Å². The number of benzene rings is 1. The smallest absolute Gasteiger partial charge is 0.317 e. The van der Waals surface area contributed by atoms with E-state index in [0.29, 0.717) is 18.5 Å². The van der Waals surface area contributed by atoms with Crippen LogP contribution in [0.25, 0.3) is 0 Å². The van der Waals surface area contributed by atoms with Gasteiger partial charge in [-0.05, 0) is 24.1 Å². The van der Waals surface area contributed by atoms with Crippen molar-refractivity contribution in [1.29, 1.82) is 0 Å². The lowest BCUT2D eigenvalue weighted by Gasteiger charge is -2.23. The number of rotatable bonds is 5. The van der Waals surface area contributed by atoms with E-state index in [1.54, 1.807) is 0 Å². The third kappa shape index (κ3) is 4.16. The van der Waals surface area contributed by atoms with E-state index in [-0.39, 0.29) is 13.2 Å². The molecule has 1 aliphatic heterocycles. The lowest BCUT2D eigenvalue weighted by molar-refractivity contribution is -0.141. The Labute approximate surface area is 132 Å². The van der Waals surface area contributed by atoms with Gasteiger partial charge in [-0.2, -0.15) is 0 Å². The molecule has 2 unspecified atom stereocenters. The minimum Gasteiger partial charge on any atom is -0.481 e. The van der Waals surface area contributed by atoms with Crippen LogP contribution in [0.1, 0.15) is 18.0 Å². The van der Waals surface area contributed by atoms with Crippen molar-refractivity contribution in [3.63, 3.8) is 0 Å². The predicted molar refractivity (Wildman–Crippen MR) is 76.8 cm³/mol. The van der Waals surface area contributed by atoms with Crippen molar-refractivity contribution in [2.24, 2.45) is 5.92 Å². The normalized spacial score (nSPS) is 18.7. The van der Waals surface area contributed by atoms with Gasteiger partial charge in [-0.15, -0.1) is 0 Å². The second kappa shape index (κ2) is 7.36. The van der Waals surface area contributed by atoms with Gasteiger partial charge in [0.1, 0.15) is 0 Å². The maximum Gasteiger partial charge on any atom is 0.317 e. The molecule has 1 heterocycles. The Kier molecular flexibility index (Phi) is 5.49. The molecule has 1 aromatic carbocycles. The highest BCUT2D eigenvalue weighted by atomic mass is 19.2. The van der Waals surface area contributed by atoms with Crippen LogP contribution in [-0.4, -0.2) is 48.8 Å². The fourth-order valence-corrected chi connectivity index (χ4v) is 2.50.